The Bertz CT molecular complexity index is 883. The maximum absolute atomic E-state index is 12.0. The molecule has 3 aromatic rings. The average Bonchev–Trinajstić information content (AvgIpc) is 3.38. The molecule has 1 saturated heterocycles. The summed E-state index contributed by atoms with van der Waals surface area (Å²) in [7, 11) is 0. The van der Waals surface area contributed by atoms with Crippen LogP contribution in [0.1, 0.15) is 18.7 Å². The maximum atomic E-state index is 12.0. The van der Waals surface area contributed by atoms with E-state index in [0.29, 0.717) is 29.2 Å². The SMILES string of the molecule is O=c1[nH]nc(SCc2nc(-c3ccccc3)no2)n1CC1CCCO1. The first-order chi connectivity index (χ1) is 12.3. The molecule has 0 saturated carbocycles. The van der Waals surface area contributed by atoms with E-state index in [0.717, 1.165) is 25.0 Å². The summed E-state index contributed by atoms with van der Waals surface area (Å²) in [6.45, 7) is 1.26. The number of thioether (sulfide) groups is 1. The largest absolute Gasteiger partial charge is 0.376 e. The van der Waals surface area contributed by atoms with Gasteiger partial charge in [0.1, 0.15) is 0 Å². The van der Waals surface area contributed by atoms with Crippen LogP contribution in [0.4, 0.5) is 0 Å². The minimum atomic E-state index is -0.228. The fourth-order valence-electron chi connectivity index (χ4n) is 2.71. The number of benzene rings is 1. The van der Waals surface area contributed by atoms with Crippen molar-refractivity contribution in [3.8, 4) is 11.4 Å². The summed E-state index contributed by atoms with van der Waals surface area (Å²) in [5.41, 5.74) is 0.672. The van der Waals surface area contributed by atoms with Gasteiger partial charge in [-0.15, -0.1) is 5.10 Å². The van der Waals surface area contributed by atoms with Crippen LogP contribution in [0.25, 0.3) is 11.4 Å². The molecule has 25 heavy (non-hydrogen) atoms. The van der Waals surface area contributed by atoms with Gasteiger partial charge < -0.3 is 9.26 Å². The summed E-state index contributed by atoms with van der Waals surface area (Å²) >= 11 is 1.38. The minimum absolute atomic E-state index is 0.0720. The van der Waals surface area contributed by atoms with E-state index < -0.39 is 0 Å². The molecule has 1 aliphatic heterocycles. The lowest BCUT2D eigenvalue weighted by atomic mass is 10.2. The van der Waals surface area contributed by atoms with Crippen molar-refractivity contribution in [1.29, 1.82) is 0 Å². The number of hydrogen-bond donors (Lipinski definition) is 1. The zero-order valence-electron chi connectivity index (χ0n) is 13.4. The number of aromatic amines is 1. The molecule has 1 fully saturated rings. The smallest absolute Gasteiger partial charge is 0.344 e. The molecule has 0 spiro atoms. The van der Waals surface area contributed by atoms with Gasteiger partial charge in [0.05, 0.1) is 18.4 Å². The van der Waals surface area contributed by atoms with Gasteiger partial charge in [-0.3, -0.25) is 4.57 Å². The molecule has 4 rings (SSSR count). The van der Waals surface area contributed by atoms with Crippen LogP contribution in [0.15, 0.2) is 44.8 Å². The Labute approximate surface area is 147 Å². The van der Waals surface area contributed by atoms with Crippen molar-refractivity contribution in [3.63, 3.8) is 0 Å². The second kappa shape index (κ2) is 7.24. The molecule has 8 nitrogen and oxygen atoms in total. The molecule has 2 aromatic heterocycles. The van der Waals surface area contributed by atoms with Gasteiger partial charge in [-0.25, -0.2) is 9.89 Å². The third-order valence-corrected chi connectivity index (χ3v) is 4.92. The first-order valence-corrected chi connectivity index (χ1v) is 9.06. The van der Waals surface area contributed by atoms with Crippen LogP contribution in [0, 0.1) is 0 Å². The lowest BCUT2D eigenvalue weighted by Gasteiger charge is -2.10. The van der Waals surface area contributed by atoms with Crippen molar-refractivity contribution in [3.05, 3.63) is 46.7 Å². The number of nitrogens with one attached hydrogen (secondary N) is 1. The Kier molecular flexibility index (Phi) is 4.66. The highest BCUT2D eigenvalue weighted by atomic mass is 32.2. The molecule has 0 aliphatic carbocycles. The summed E-state index contributed by atoms with van der Waals surface area (Å²) in [5, 5.41) is 11.2. The van der Waals surface area contributed by atoms with Crippen LogP contribution in [-0.4, -0.2) is 37.6 Å². The van der Waals surface area contributed by atoms with Gasteiger partial charge in [-0.05, 0) is 12.8 Å². The van der Waals surface area contributed by atoms with Crippen molar-refractivity contribution in [2.24, 2.45) is 0 Å². The van der Waals surface area contributed by atoms with Gasteiger partial charge in [0.2, 0.25) is 11.7 Å². The van der Waals surface area contributed by atoms with Gasteiger partial charge in [-0.1, -0.05) is 47.3 Å². The summed E-state index contributed by atoms with van der Waals surface area (Å²) < 4.78 is 12.5. The highest BCUT2D eigenvalue weighted by Crippen LogP contribution is 2.22. The third kappa shape index (κ3) is 3.67. The molecule has 1 atom stereocenters. The van der Waals surface area contributed by atoms with Gasteiger partial charge in [-0.2, -0.15) is 4.98 Å². The molecule has 1 unspecified atom stereocenters. The number of aromatic nitrogens is 5. The highest BCUT2D eigenvalue weighted by Gasteiger charge is 2.20. The predicted octanol–water partition coefficient (Wildman–Crippen LogP) is 2.09. The summed E-state index contributed by atoms with van der Waals surface area (Å²) in [6.07, 6.45) is 2.07. The fraction of sp³-hybridized carbons (Fsp3) is 0.375. The molecule has 0 bridgehead atoms. The van der Waals surface area contributed by atoms with E-state index >= 15 is 0 Å². The van der Waals surface area contributed by atoms with Crippen LogP contribution in [0.5, 0.6) is 0 Å². The number of nitrogens with zero attached hydrogens (tertiary/aromatic N) is 4. The number of ether oxygens (including phenoxy) is 1. The van der Waals surface area contributed by atoms with E-state index in [1.54, 1.807) is 4.57 Å². The van der Waals surface area contributed by atoms with Crippen molar-refractivity contribution < 1.29 is 9.26 Å². The van der Waals surface area contributed by atoms with Crippen molar-refractivity contribution >= 4 is 11.8 Å². The Morgan fingerprint density at radius 1 is 1.32 bits per heavy atom. The molecule has 1 N–H and O–H groups in total. The molecule has 0 radical (unpaired) electrons. The predicted molar refractivity (Wildman–Crippen MR) is 91.1 cm³/mol. The summed E-state index contributed by atoms with van der Waals surface area (Å²) in [4.78, 5) is 16.3. The molecule has 130 valence electrons. The monoisotopic (exact) mass is 359 g/mol. The van der Waals surface area contributed by atoms with Gasteiger partial charge in [0, 0.05) is 12.2 Å². The average molecular weight is 359 g/mol. The maximum Gasteiger partial charge on any atom is 0.344 e. The van der Waals surface area contributed by atoms with Crippen molar-refractivity contribution in [2.45, 2.75) is 36.4 Å². The van der Waals surface area contributed by atoms with E-state index in [1.807, 2.05) is 30.3 Å². The van der Waals surface area contributed by atoms with Crippen LogP contribution < -0.4 is 5.69 Å². The van der Waals surface area contributed by atoms with E-state index in [9.17, 15) is 4.79 Å². The molecule has 1 aromatic carbocycles. The highest BCUT2D eigenvalue weighted by molar-refractivity contribution is 7.98. The minimum Gasteiger partial charge on any atom is -0.376 e. The van der Waals surface area contributed by atoms with Crippen LogP contribution in [-0.2, 0) is 17.0 Å². The third-order valence-electron chi connectivity index (χ3n) is 3.96. The van der Waals surface area contributed by atoms with Crippen LogP contribution >= 0.6 is 11.8 Å². The van der Waals surface area contributed by atoms with E-state index in [1.165, 1.54) is 11.8 Å². The first-order valence-electron chi connectivity index (χ1n) is 8.07. The fourth-order valence-corrected chi connectivity index (χ4v) is 3.50. The molecular formula is C16H17N5O3S. The van der Waals surface area contributed by atoms with E-state index in [-0.39, 0.29) is 11.8 Å². The van der Waals surface area contributed by atoms with E-state index in [2.05, 4.69) is 20.3 Å². The standard InChI is InChI=1S/C16H17N5O3S/c22-15-18-19-16(21(15)9-12-7-4-8-23-12)25-10-13-17-14(20-24-13)11-5-2-1-3-6-11/h1-3,5-6,12H,4,7-10H2,(H,18,22). The molecule has 3 heterocycles. The molecule has 0 amide bonds. The Hall–Kier alpha value is -2.39. The number of rotatable bonds is 6. The number of H-pyrrole nitrogens is 1. The summed E-state index contributed by atoms with van der Waals surface area (Å²) in [6, 6.07) is 9.63. The zero-order valence-corrected chi connectivity index (χ0v) is 14.2. The zero-order chi connectivity index (χ0) is 17.1. The van der Waals surface area contributed by atoms with Crippen LogP contribution in [0.3, 0.4) is 0 Å². The quantitative estimate of drug-likeness (QED) is 0.673. The summed E-state index contributed by atoms with van der Waals surface area (Å²) in [5.74, 6) is 1.48. The molecular weight excluding hydrogens is 342 g/mol. The first kappa shape index (κ1) is 16.1. The van der Waals surface area contributed by atoms with Gasteiger partial charge >= 0.3 is 5.69 Å². The Balaban J connectivity index is 1.43. The Morgan fingerprint density at radius 3 is 3.00 bits per heavy atom. The molecule has 1 aliphatic rings. The second-order valence-electron chi connectivity index (χ2n) is 5.72. The lowest BCUT2D eigenvalue weighted by molar-refractivity contribution is 0.0941. The number of hydrogen-bond acceptors (Lipinski definition) is 7. The topological polar surface area (TPSA) is 98.8 Å². The van der Waals surface area contributed by atoms with E-state index in [4.69, 9.17) is 9.26 Å². The van der Waals surface area contributed by atoms with Gasteiger partial charge in [0.25, 0.3) is 0 Å². The Morgan fingerprint density at radius 2 is 2.20 bits per heavy atom. The normalized spacial score (nSPS) is 17.2. The van der Waals surface area contributed by atoms with Crippen molar-refractivity contribution in [1.82, 2.24) is 24.9 Å². The second-order valence-corrected chi connectivity index (χ2v) is 6.67. The lowest BCUT2D eigenvalue weighted by Crippen LogP contribution is -2.24. The van der Waals surface area contributed by atoms with Crippen molar-refractivity contribution in [2.75, 3.05) is 6.61 Å². The van der Waals surface area contributed by atoms with Crippen LogP contribution in [0.2, 0.25) is 0 Å². The molecule has 9 heteroatoms. The van der Waals surface area contributed by atoms with Gasteiger partial charge in [0.15, 0.2) is 5.16 Å².